The first-order valence-corrected chi connectivity index (χ1v) is 5.37. The van der Waals surface area contributed by atoms with Crippen LogP contribution in [0.15, 0.2) is 28.9 Å². The minimum atomic E-state index is -0.150. The molecule has 17 heavy (non-hydrogen) atoms. The number of furan rings is 1. The third-order valence-electron chi connectivity index (χ3n) is 2.73. The predicted molar refractivity (Wildman–Crippen MR) is 65.1 cm³/mol. The maximum absolute atomic E-state index is 12.1. The molecule has 88 valence electrons. The maximum atomic E-state index is 12.1. The summed E-state index contributed by atoms with van der Waals surface area (Å²) in [5, 5.41) is 2.81. The monoisotopic (exact) mass is 230 g/mol. The van der Waals surface area contributed by atoms with Crippen LogP contribution in [-0.2, 0) is 0 Å². The molecule has 2 rings (SSSR count). The Morgan fingerprint density at radius 1 is 1.18 bits per heavy atom. The molecule has 0 unspecified atom stereocenters. The van der Waals surface area contributed by atoms with Crippen LogP contribution in [0.3, 0.4) is 0 Å². The zero-order valence-electron chi connectivity index (χ0n) is 10.1. The van der Waals surface area contributed by atoms with Crippen LogP contribution in [0.4, 0.5) is 5.69 Å². The maximum Gasteiger partial charge on any atom is 0.259 e. The number of aromatic nitrogens is 1. The fraction of sp³-hybridized carbons (Fsp3) is 0.231. The van der Waals surface area contributed by atoms with Crippen LogP contribution < -0.4 is 5.32 Å². The van der Waals surface area contributed by atoms with Crippen molar-refractivity contribution in [3.8, 4) is 0 Å². The molecule has 0 aliphatic carbocycles. The molecule has 1 N–H and O–H groups in total. The minimum Gasteiger partial charge on any atom is -0.466 e. The van der Waals surface area contributed by atoms with E-state index >= 15 is 0 Å². The lowest BCUT2D eigenvalue weighted by Gasteiger charge is -2.04. The highest BCUT2D eigenvalue weighted by Crippen LogP contribution is 2.21. The summed E-state index contributed by atoms with van der Waals surface area (Å²) in [5.41, 5.74) is 2.22. The SMILES string of the molecule is Cc1oc(C)c(C(=O)Nc2ccncc2)c1C. The van der Waals surface area contributed by atoms with Gasteiger partial charge < -0.3 is 9.73 Å². The number of anilines is 1. The second-order valence-corrected chi connectivity index (χ2v) is 3.90. The van der Waals surface area contributed by atoms with E-state index in [1.165, 1.54) is 0 Å². The fourth-order valence-electron chi connectivity index (χ4n) is 1.76. The first-order valence-electron chi connectivity index (χ1n) is 5.37. The second kappa shape index (κ2) is 4.41. The van der Waals surface area contributed by atoms with E-state index in [2.05, 4.69) is 10.3 Å². The van der Waals surface area contributed by atoms with Crippen LogP contribution >= 0.6 is 0 Å². The molecule has 4 heteroatoms. The normalized spacial score (nSPS) is 10.3. The molecule has 0 aliphatic heterocycles. The van der Waals surface area contributed by atoms with E-state index in [1.807, 2.05) is 13.8 Å². The van der Waals surface area contributed by atoms with Crippen molar-refractivity contribution in [2.24, 2.45) is 0 Å². The largest absolute Gasteiger partial charge is 0.466 e. The lowest BCUT2D eigenvalue weighted by atomic mass is 10.1. The molecule has 0 atom stereocenters. The average Bonchev–Trinajstić information content (AvgIpc) is 2.54. The van der Waals surface area contributed by atoms with E-state index in [9.17, 15) is 4.79 Å². The molecule has 2 aromatic rings. The van der Waals surface area contributed by atoms with E-state index in [-0.39, 0.29) is 5.91 Å². The number of nitrogens with one attached hydrogen (secondary N) is 1. The lowest BCUT2D eigenvalue weighted by molar-refractivity contribution is 0.102. The van der Waals surface area contributed by atoms with E-state index in [0.717, 1.165) is 17.0 Å². The number of carbonyl (C=O) groups is 1. The van der Waals surface area contributed by atoms with Crippen molar-refractivity contribution in [1.82, 2.24) is 4.98 Å². The molecular weight excluding hydrogens is 216 g/mol. The number of nitrogens with zero attached hydrogens (tertiary/aromatic N) is 1. The molecule has 0 fully saturated rings. The van der Waals surface area contributed by atoms with Crippen molar-refractivity contribution in [2.75, 3.05) is 5.32 Å². The van der Waals surface area contributed by atoms with Gasteiger partial charge >= 0.3 is 0 Å². The summed E-state index contributed by atoms with van der Waals surface area (Å²) in [7, 11) is 0. The van der Waals surface area contributed by atoms with Crippen molar-refractivity contribution in [2.45, 2.75) is 20.8 Å². The first-order chi connectivity index (χ1) is 8.09. The zero-order valence-corrected chi connectivity index (χ0v) is 10.1. The smallest absolute Gasteiger partial charge is 0.259 e. The molecule has 0 aliphatic rings. The Labute approximate surface area is 99.7 Å². The summed E-state index contributed by atoms with van der Waals surface area (Å²) >= 11 is 0. The Bertz CT molecular complexity index is 544. The number of hydrogen-bond donors (Lipinski definition) is 1. The molecule has 2 aromatic heterocycles. The topological polar surface area (TPSA) is 55.1 Å². The molecule has 4 nitrogen and oxygen atoms in total. The third kappa shape index (κ3) is 2.20. The second-order valence-electron chi connectivity index (χ2n) is 3.90. The summed E-state index contributed by atoms with van der Waals surface area (Å²) in [5.74, 6) is 1.27. The molecule has 0 aromatic carbocycles. The van der Waals surface area contributed by atoms with Crippen molar-refractivity contribution >= 4 is 11.6 Å². The van der Waals surface area contributed by atoms with Gasteiger partial charge in [-0.2, -0.15) is 0 Å². The van der Waals surface area contributed by atoms with Gasteiger partial charge in [-0.1, -0.05) is 0 Å². The van der Waals surface area contributed by atoms with Gasteiger partial charge in [-0.15, -0.1) is 0 Å². The predicted octanol–water partition coefficient (Wildman–Crippen LogP) is 2.85. The van der Waals surface area contributed by atoms with Crippen LogP contribution in [-0.4, -0.2) is 10.9 Å². The van der Waals surface area contributed by atoms with Crippen LogP contribution in [0.25, 0.3) is 0 Å². The van der Waals surface area contributed by atoms with Gasteiger partial charge in [-0.25, -0.2) is 0 Å². The molecule has 0 radical (unpaired) electrons. The minimum absolute atomic E-state index is 0.150. The molecular formula is C13H14N2O2. The van der Waals surface area contributed by atoms with Gasteiger partial charge in [0.15, 0.2) is 0 Å². The number of carbonyl (C=O) groups excluding carboxylic acids is 1. The van der Waals surface area contributed by atoms with Crippen molar-refractivity contribution < 1.29 is 9.21 Å². The highest BCUT2D eigenvalue weighted by atomic mass is 16.3. The number of aryl methyl sites for hydroxylation is 2. The van der Waals surface area contributed by atoms with E-state index in [4.69, 9.17) is 4.42 Å². The number of amides is 1. The van der Waals surface area contributed by atoms with Crippen LogP contribution in [0.2, 0.25) is 0 Å². The molecule has 0 bridgehead atoms. The van der Waals surface area contributed by atoms with Crippen molar-refractivity contribution in [1.29, 1.82) is 0 Å². The Morgan fingerprint density at radius 3 is 2.35 bits per heavy atom. The Morgan fingerprint density at radius 2 is 1.82 bits per heavy atom. The van der Waals surface area contributed by atoms with E-state index < -0.39 is 0 Å². The first kappa shape index (κ1) is 11.4. The van der Waals surface area contributed by atoms with Gasteiger partial charge in [0.05, 0.1) is 5.56 Å². The lowest BCUT2D eigenvalue weighted by Crippen LogP contribution is -2.13. The summed E-state index contributed by atoms with van der Waals surface area (Å²) < 4.78 is 5.43. The molecule has 0 spiro atoms. The molecule has 0 saturated heterocycles. The number of pyridine rings is 1. The molecule has 0 saturated carbocycles. The Kier molecular flexibility index (Phi) is 2.95. The van der Waals surface area contributed by atoms with Crippen LogP contribution in [0.5, 0.6) is 0 Å². The Balaban J connectivity index is 2.27. The van der Waals surface area contributed by atoms with Gasteiger partial charge in [-0.05, 0) is 32.9 Å². The van der Waals surface area contributed by atoms with Gasteiger partial charge in [0.1, 0.15) is 11.5 Å². The number of hydrogen-bond acceptors (Lipinski definition) is 3. The van der Waals surface area contributed by atoms with Crippen LogP contribution in [0, 0.1) is 20.8 Å². The van der Waals surface area contributed by atoms with E-state index in [1.54, 1.807) is 31.5 Å². The van der Waals surface area contributed by atoms with Gasteiger partial charge in [0.2, 0.25) is 0 Å². The highest BCUT2D eigenvalue weighted by Gasteiger charge is 2.18. The highest BCUT2D eigenvalue weighted by molar-refractivity contribution is 6.06. The van der Waals surface area contributed by atoms with Gasteiger partial charge in [0.25, 0.3) is 5.91 Å². The van der Waals surface area contributed by atoms with Crippen molar-refractivity contribution in [3.05, 3.63) is 47.2 Å². The zero-order chi connectivity index (χ0) is 12.4. The van der Waals surface area contributed by atoms with Crippen LogP contribution in [0.1, 0.15) is 27.4 Å². The van der Waals surface area contributed by atoms with E-state index in [0.29, 0.717) is 11.3 Å². The standard InChI is InChI=1S/C13H14N2O2/c1-8-9(2)17-10(3)12(8)13(16)15-11-4-6-14-7-5-11/h4-7H,1-3H3,(H,14,15,16). The quantitative estimate of drug-likeness (QED) is 0.863. The summed E-state index contributed by atoms with van der Waals surface area (Å²) in [6.45, 7) is 5.53. The van der Waals surface area contributed by atoms with Gasteiger partial charge in [0, 0.05) is 23.6 Å². The Hall–Kier alpha value is -2.10. The molecule has 2 heterocycles. The summed E-state index contributed by atoms with van der Waals surface area (Å²) in [6, 6.07) is 3.49. The summed E-state index contributed by atoms with van der Waals surface area (Å²) in [6.07, 6.45) is 3.27. The molecule has 1 amide bonds. The van der Waals surface area contributed by atoms with Crippen molar-refractivity contribution in [3.63, 3.8) is 0 Å². The fourth-order valence-corrected chi connectivity index (χ4v) is 1.76. The summed E-state index contributed by atoms with van der Waals surface area (Å²) in [4.78, 5) is 16.0. The van der Waals surface area contributed by atoms with Gasteiger partial charge in [-0.3, -0.25) is 9.78 Å². The average molecular weight is 230 g/mol. The third-order valence-corrected chi connectivity index (χ3v) is 2.73. The number of rotatable bonds is 2.